The fourth-order valence-electron chi connectivity index (χ4n) is 4.03. The number of anilines is 2. The average molecular weight is 381 g/mol. The third-order valence-electron chi connectivity index (χ3n) is 5.54. The molecule has 2 amide bonds. The second-order valence-corrected chi connectivity index (χ2v) is 7.33. The van der Waals surface area contributed by atoms with Gasteiger partial charge in [0.15, 0.2) is 0 Å². The molecule has 1 aromatic heterocycles. The molecule has 0 spiro atoms. The molecular formula is C21H27N5O2. The van der Waals surface area contributed by atoms with Gasteiger partial charge in [-0.15, -0.1) is 0 Å². The number of nitrogens with zero attached hydrogens (tertiary/aromatic N) is 4. The second-order valence-electron chi connectivity index (χ2n) is 7.33. The van der Waals surface area contributed by atoms with Crippen molar-refractivity contribution >= 4 is 17.4 Å². The van der Waals surface area contributed by atoms with E-state index in [1.807, 2.05) is 18.2 Å². The van der Waals surface area contributed by atoms with E-state index in [-0.39, 0.29) is 6.03 Å². The van der Waals surface area contributed by atoms with E-state index < -0.39 is 0 Å². The molecule has 7 nitrogen and oxygen atoms in total. The molecule has 0 radical (unpaired) electrons. The van der Waals surface area contributed by atoms with Crippen molar-refractivity contribution in [2.24, 2.45) is 0 Å². The van der Waals surface area contributed by atoms with Crippen molar-refractivity contribution < 1.29 is 9.53 Å². The number of rotatable bonds is 3. The van der Waals surface area contributed by atoms with Crippen LogP contribution in [0.4, 0.5) is 16.2 Å². The number of urea groups is 1. The van der Waals surface area contributed by atoms with Gasteiger partial charge in [0.05, 0.1) is 36.3 Å². The van der Waals surface area contributed by atoms with Gasteiger partial charge in [-0.1, -0.05) is 25.0 Å². The van der Waals surface area contributed by atoms with Crippen LogP contribution in [0.25, 0.3) is 0 Å². The van der Waals surface area contributed by atoms with Gasteiger partial charge in [-0.2, -0.15) is 0 Å². The van der Waals surface area contributed by atoms with Crippen LogP contribution in [0.15, 0.2) is 30.6 Å². The van der Waals surface area contributed by atoms with Crippen molar-refractivity contribution in [3.63, 3.8) is 0 Å². The lowest BCUT2D eigenvalue weighted by molar-refractivity contribution is 0.204. The van der Waals surface area contributed by atoms with Crippen molar-refractivity contribution in [1.82, 2.24) is 14.9 Å². The number of nitrogens with one attached hydrogen (secondary N) is 1. The van der Waals surface area contributed by atoms with Crippen LogP contribution in [0.2, 0.25) is 0 Å². The Bertz CT molecular complexity index is 819. The first kappa shape index (κ1) is 18.5. The Morgan fingerprint density at radius 2 is 1.86 bits per heavy atom. The van der Waals surface area contributed by atoms with Gasteiger partial charge in [0, 0.05) is 26.1 Å². The summed E-state index contributed by atoms with van der Waals surface area (Å²) in [6.45, 7) is 3.17. The maximum absolute atomic E-state index is 13.0. The molecule has 1 fully saturated rings. The highest BCUT2D eigenvalue weighted by atomic mass is 16.5. The van der Waals surface area contributed by atoms with Crippen LogP contribution in [0.3, 0.4) is 0 Å². The smallest absolute Gasteiger partial charge is 0.322 e. The van der Waals surface area contributed by atoms with E-state index in [1.54, 1.807) is 12.0 Å². The van der Waals surface area contributed by atoms with Crippen molar-refractivity contribution in [3.05, 3.63) is 41.9 Å². The van der Waals surface area contributed by atoms with E-state index >= 15 is 0 Å². The Balaban J connectivity index is 1.50. The Hall–Kier alpha value is -2.83. The first-order valence-corrected chi connectivity index (χ1v) is 10.0. The van der Waals surface area contributed by atoms with E-state index in [0.29, 0.717) is 25.4 Å². The molecule has 1 N–H and O–H groups in total. The van der Waals surface area contributed by atoms with Gasteiger partial charge in [0.1, 0.15) is 6.33 Å². The molecule has 0 unspecified atom stereocenters. The van der Waals surface area contributed by atoms with Crippen molar-refractivity contribution in [2.75, 3.05) is 37.0 Å². The van der Waals surface area contributed by atoms with Gasteiger partial charge >= 0.3 is 6.03 Å². The van der Waals surface area contributed by atoms with E-state index in [4.69, 9.17) is 4.74 Å². The van der Waals surface area contributed by atoms with E-state index in [9.17, 15) is 4.79 Å². The van der Waals surface area contributed by atoms with Gasteiger partial charge in [-0.25, -0.2) is 14.8 Å². The van der Waals surface area contributed by atoms with Crippen LogP contribution in [-0.4, -0.2) is 47.6 Å². The summed E-state index contributed by atoms with van der Waals surface area (Å²) in [6, 6.07) is 8.00. The summed E-state index contributed by atoms with van der Waals surface area (Å²) in [4.78, 5) is 25.7. The van der Waals surface area contributed by atoms with Crippen LogP contribution in [0, 0.1) is 0 Å². The summed E-state index contributed by atoms with van der Waals surface area (Å²) in [6.07, 6.45) is 7.18. The predicted octanol–water partition coefficient (Wildman–Crippen LogP) is 3.46. The topological polar surface area (TPSA) is 70.6 Å². The molecule has 1 saturated heterocycles. The number of hydrogen-bond acceptors (Lipinski definition) is 5. The molecule has 7 heteroatoms. The molecule has 2 aliphatic rings. The number of methoxy groups -OCH3 is 1. The SMILES string of the molecule is COc1ncnc2c1CN(C(=O)Nc1ccccc1N1CCCCCC1)CC2. The summed E-state index contributed by atoms with van der Waals surface area (Å²) in [5.74, 6) is 0.549. The molecule has 0 aliphatic carbocycles. The number of para-hydroxylation sites is 2. The number of hydrogen-bond donors (Lipinski definition) is 1. The zero-order chi connectivity index (χ0) is 19.3. The maximum atomic E-state index is 13.0. The molecule has 0 saturated carbocycles. The Kier molecular flexibility index (Phi) is 5.60. The Morgan fingerprint density at radius 3 is 2.64 bits per heavy atom. The number of carbonyl (C=O) groups is 1. The minimum atomic E-state index is -0.0983. The number of benzene rings is 1. The maximum Gasteiger partial charge on any atom is 0.322 e. The van der Waals surface area contributed by atoms with Gasteiger partial charge in [0.25, 0.3) is 0 Å². The fourth-order valence-corrected chi connectivity index (χ4v) is 4.03. The number of carbonyl (C=O) groups excluding carboxylic acids is 1. The number of aromatic nitrogens is 2. The lowest BCUT2D eigenvalue weighted by Gasteiger charge is -2.30. The standard InChI is InChI=1S/C21H27N5O2/c1-28-20-16-14-26(13-10-17(16)22-15-23-20)21(27)24-18-8-4-5-9-19(18)25-11-6-2-3-7-12-25/h4-5,8-9,15H,2-3,6-7,10-14H2,1H3,(H,24,27). The van der Waals surface area contributed by atoms with Gasteiger partial charge in [0.2, 0.25) is 5.88 Å². The quantitative estimate of drug-likeness (QED) is 0.882. The van der Waals surface area contributed by atoms with Gasteiger partial charge in [-0.05, 0) is 25.0 Å². The molecular weight excluding hydrogens is 354 g/mol. The van der Waals surface area contributed by atoms with Crippen LogP contribution in [0.5, 0.6) is 5.88 Å². The molecule has 3 heterocycles. The summed E-state index contributed by atoms with van der Waals surface area (Å²) in [7, 11) is 1.60. The second kappa shape index (κ2) is 8.46. The van der Waals surface area contributed by atoms with Crippen LogP contribution >= 0.6 is 0 Å². The monoisotopic (exact) mass is 381 g/mol. The number of ether oxygens (including phenoxy) is 1. The lowest BCUT2D eigenvalue weighted by Crippen LogP contribution is -2.39. The molecule has 2 aliphatic heterocycles. The first-order chi connectivity index (χ1) is 13.8. The minimum Gasteiger partial charge on any atom is -0.481 e. The highest BCUT2D eigenvalue weighted by Gasteiger charge is 2.25. The molecule has 0 atom stereocenters. The van der Waals surface area contributed by atoms with Crippen molar-refractivity contribution in [1.29, 1.82) is 0 Å². The van der Waals surface area contributed by atoms with Crippen LogP contribution < -0.4 is 15.0 Å². The summed E-state index contributed by atoms with van der Waals surface area (Å²) in [5, 5.41) is 3.13. The number of fused-ring (bicyclic) bond motifs is 1. The van der Waals surface area contributed by atoms with Gasteiger partial charge < -0.3 is 19.9 Å². The molecule has 4 rings (SSSR count). The van der Waals surface area contributed by atoms with Crippen molar-refractivity contribution in [3.8, 4) is 5.88 Å². The van der Waals surface area contributed by atoms with E-state index in [0.717, 1.165) is 35.7 Å². The van der Waals surface area contributed by atoms with Crippen LogP contribution in [0.1, 0.15) is 36.9 Å². The minimum absolute atomic E-state index is 0.0983. The van der Waals surface area contributed by atoms with Crippen LogP contribution in [-0.2, 0) is 13.0 Å². The Labute approximate surface area is 165 Å². The normalized spacial score (nSPS) is 16.9. The third kappa shape index (κ3) is 3.88. The largest absolute Gasteiger partial charge is 0.481 e. The fraction of sp³-hybridized carbons (Fsp3) is 0.476. The van der Waals surface area contributed by atoms with Crippen molar-refractivity contribution in [2.45, 2.75) is 38.6 Å². The summed E-state index contributed by atoms with van der Waals surface area (Å²) < 4.78 is 5.35. The first-order valence-electron chi connectivity index (χ1n) is 10.0. The zero-order valence-electron chi connectivity index (χ0n) is 16.4. The number of amides is 2. The predicted molar refractivity (Wildman–Crippen MR) is 109 cm³/mol. The zero-order valence-corrected chi connectivity index (χ0v) is 16.4. The van der Waals surface area contributed by atoms with E-state index in [1.165, 1.54) is 32.0 Å². The van der Waals surface area contributed by atoms with E-state index in [2.05, 4.69) is 26.3 Å². The summed E-state index contributed by atoms with van der Waals surface area (Å²) >= 11 is 0. The van der Waals surface area contributed by atoms with Gasteiger partial charge in [-0.3, -0.25) is 0 Å². The average Bonchev–Trinajstić information content (AvgIpc) is 3.02. The lowest BCUT2D eigenvalue weighted by atomic mass is 10.1. The molecule has 2 aromatic rings. The highest BCUT2D eigenvalue weighted by molar-refractivity contribution is 5.93. The highest BCUT2D eigenvalue weighted by Crippen LogP contribution is 2.29. The molecule has 1 aromatic carbocycles. The summed E-state index contributed by atoms with van der Waals surface area (Å²) in [5.41, 5.74) is 3.83. The molecule has 28 heavy (non-hydrogen) atoms. The molecule has 0 bridgehead atoms. The molecule has 148 valence electrons. The Morgan fingerprint density at radius 1 is 1.07 bits per heavy atom. The third-order valence-corrected chi connectivity index (χ3v) is 5.54.